The van der Waals surface area contributed by atoms with E-state index < -0.39 is 0 Å². The van der Waals surface area contributed by atoms with E-state index in [1.54, 1.807) is 6.07 Å². The molecule has 2 aromatic rings. The van der Waals surface area contributed by atoms with Crippen LogP contribution in [0.4, 0.5) is 11.4 Å². The van der Waals surface area contributed by atoms with Crippen molar-refractivity contribution in [3.05, 3.63) is 55.9 Å². The van der Waals surface area contributed by atoms with Crippen LogP contribution in [0.15, 0.2) is 45.3 Å². The summed E-state index contributed by atoms with van der Waals surface area (Å²) in [6, 6.07) is 11.3. The number of halogens is 3. The van der Waals surface area contributed by atoms with Crippen molar-refractivity contribution in [3.8, 4) is 0 Å². The Morgan fingerprint density at radius 1 is 1.16 bits per heavy atom. The maximum absolute atomic E-state index is 6.13. The van der Waals surface area contributed by atoms with E-state index >= 15 is 0 Å². The van der Waals surface area contributed by atoms with E-state index in [-0.39, 0.29) is 4.99 Å². The summed E-state index contributed by atoms with van der Waals surface area (Å²) in [6.07, 6.45) is 0. The standard InChI is InChI=1S/C13H9Br2ClN2S/c14-7-4-5-8(15)11(6-7)18-10-3-1-2-9(16)12(10)13(17)19/h1-6,18H,(H2,17,19). The molecule has 0 radical (unpaired) electrons. The molecule has 6 heteroatoms. The Morgan fingerprint density at radius 3 is 2.58 bits per heavy atom. The highest BCUT2D eigenvalue weighted by molar-refractivity contribution is 9.11. The largest absolute Gasteiger partial charge is 0.389 e. The Balaban J connectivity index is 2.46. The van der Waals surface area contributed by atoms with Gasteiger partial charge in [-0.2, -0.15) is 0 Å². The Bertz CT molecular complexity index is 647. The minimum atomic E-state index is 0.263. The van der Waals surface area contributed by atoms with Crippen LogP contribution in [0.25, 0.3) is 0 Å². The van der Waals surface area contributed by atoms with E-state index in [0.717, 1.165) is 20.3 Å². The number of thiocarbonyl (C=S) groups is 1. The third-order valence-electron chi connectivity index (χ3n) is 2.46. The quantitative estimate of drug-likeness (QED) is 0.667. The van der Waals surface area contributed by atoms with Gasteiger partial charge in [-0.3, -0.25) is 0 Å². The van der Waals surface area contributed by atoms with Crippen LogP contribution in [0, 0.1) is 0 Å². The topological polar surface area (TPSA) is 38.0 Å². The van der Waals surface area contributed by atoms with Crippen molar-refractivity contribution in [3.63, 3.8) is 0 Å². The van der Waals surface area contributed by atoms with E-state index in [1.807, 2.05) is 30.3 Å². The third-order valence-corrected chi connectivity index (χ3v) is 4.16. The van der Waals surface area contributed by atoms with Crippen LogP contribution < -0.4 is 11.1 Å². The summed E-state index contributed by atoms with van der Waals surface area (Å²) in [7, 11) is 0. The first-order valence-electron chi connectivity index (χ1n) is 5.29. The molecule has 98 valence electrons. The van der Waals surface area contributed by atoms with Gasteiger partial charge < -0.3 is 11.1 Å². The van der Waals surface area contributed by atoms with Gasteiger partial charge in [0, 0.05) is 8.95 Å². The first-order valence-corrected chi connectivity index (χ1v) is 7.66. The van der Waals surface area contributed by atoms with Gasteiger partial charge in [0.05, 0.1) is 22.0 Å². The van der Waals surface area contributed by atoms with Gasteiger partial charge in [-0.1, -0.05) is 45.8 Å². The van der Waals surface area contributed by atoms with Crippen molar-refractivity contribution in [1.82, 2.24) is 0 Å². The van der Waals surface area contributed by atoms with E-state index in [1.165, 1.54) is 0 Å². The molecule has 0 saturated carbocycles. The maximum Gasteiger partial charge on any atom is 0.107 e. The molecule has 2 rings (SSSR count). The van der Waals surface area contributed by atoms with Gasteiger partial charge in [-0.25, -0.2) is 0 Å². The van der Waals surface area contributed by atoms with E-state index in [4.69, 9.17) is 29.6 Å². The van der Waals surface area contributed by atoms with Crippen molar-refractivity contribution in [2.45, 2.75) is 0 Å². The van der Waals surface area contributed by atoms with Gasteiger partial charge in [0.15, 0.2) is 0 Å². The van der Waals surface area contributed by atoms with Gasteiger partial charge >= 0.3 is 0 Å². The SMILES string of the molecule is NC(=S)c1c(Cl)cccc1Nc1cc(Br)ccc1Br. The second-order valence-corrected chi connectivity index (χ2v) is 6.39. The zero-order chi connectivity index (χ0) is 14.0. The lowest BCUT2D eigenvalue weighted by Crippen LogP contribution is -2.12. The van der Waals surface area contributed by atoms with Crippen LogP contribution in [0.1, 0.15) is 5.56 Å². The lowest BCUT2D eigenvalue weighted by atomic mass is 10.1. The first kappa shape index (κ1) is 14.8. The number of benzene rings is 2. The highest BCUT2D eigenvalue weighted by Gasteiger charge is 2.11. The zero-order valence-electron chi connectivity index (χ0n) is 9.58. The molecule has 0 aliphatic carbocycles. The van der Waals surface area contributed by atoms with Crippen molar-refractivity contribution in [1.29, 1.82) is 0 Å². The molecule has 0 aliphatic heterocycles. The number of anilines is 2. The molecule has 0 unspecified atom stereocenters. The highest BCUT2D eigenvalue weighted by atomic mass is 79.9. The predicted octanol–water partition coefficient (Wildman–Crippen LogP) is 5.24. The molecule has 0 heterocycles. The second kappa shape index (κ2) is 6.22. The fraction of sp³-hybridized carbons (Fsp3) is 0. The number of hydrogen-bond acceptors (Lipinski definition) is 2. The van der Waals surface area contributed by atoms with Crippen LogP contribution in [-0.4, -0.2) is 4.99 Å². The molecule has 0 amide bonds. The van der Waals surface area contributed by atoms with Crippen molar-refractivity contribution >= 4 is 72.0 Å². The molecule has 0 fully saturated rings. The molecule has 2 aromatic carbocycles. The average Bonchev–Trinajstić information content (AvgIpc) is 2.33. The molecule has 0 bridgehead atoms. The van der Waals surface area contributed by atoms with Crippen LogP contribution in [0.2, 0.25) is 5.02 Å². The monoisotopic (exact) mass is 418 g/mol. The summed E-state index contributed by atoms with van der Waals surface area (Å²) in [6.45, 7) is 0. The molecule has 0 saturated heterocycles. The molecule has 0 aromatic heterocycles. The smallest absolute Gasteiger partial charge is 0.107 e. The van der Waals surface area contributed by atoms with Crippen LogP contribution in [0.3, 0.4) is 0 Å². The summed E-state index contributed by atoms with van der Waals surface area (Å²) in [4.78, 5) is 0.263. The van der Waals surface area contributed by atoms with E-state index in [2.05, 4.69) is 37.2 Å². The maximum atomic E-state index is 6.13. The summed E-state index contributed by atoms with van der Waals surface area (Å²) in [5.74, 6) is 0. The van der Waals surface area contributed by atoms with Crippen LogP contribution in [0.5, 0.6) is 0 Å². The number of nitrogens with one attached hydrogen (secondary N) is 1. The van der Waals surface area contributed by atoms with Gasteiger partial charge in [-0.15, -0.1) is 0 Å². The number of nitrogens with two attached hydrogens (primary N) is 1. The van der Waals surface area contributed by atoms with E-state index in [9.17, 15) is 0 Å². The fourth-order valence-electron chi connectivity index (χ4n) is 1.62. The summed E-state index contributed by atoms with van der Waals surface area (Å²) in [5, 5.41) is 3.81. The highest BCUT2D eigenvalue weighted by Crippen LogP contribution is 2.32. The van der Waals surface area contributed by atoms with Crippen molar-refractivity contribution in [2.24, 2.45) is 5.73 Å². The Morgan fingerprint density at radius 2 is 1.89 bits per heavy atom. The third kappa shape index (κ3) is 3.48. The number of rotatable bonds is 3. The molecule has 2 nitrogen and oxygen atoms in total. The summed E-state index contributed by atoms with van der Waals surface area (Å²) in [5.41, 5.74) is 8.04. The van der Waals surface area contributed by atoms with E-state index in [0.29, 0.717) is 10.6 Å². The van der Waals surface area contributed by atoms with Gasteiger partial charge in [0.25, 0.3) is 0 Å². The molecular formula is C13H9Br2ClN2S. The minimum Gasteiger partial charge on any atom is -0.389 e. The Labute approximate surface area is 138 Å². The Kier molecular flexibility index (Phi) is 4.84. The van der Waals surface area contributed by atoms with Crippen molar-refractivity contribution in [2.75, 3.05) is 5.32 Å². The van der Waals surface area contributed by atoms with Crippen LogP contribution in [-0.2, 0) is 0 Å². The summed E-state index contributed by atoms with van der Waals surface area (Å²) < 4.78 is 1.90. The second-order valence-electron chi connectivity index (χ2n) is 3.78. The minimum absolute atomic E-state index is 0.263. The predicted molar refractivity (Wildman–Crippen MR) is 92.5 cm³/mol. The molecule has 19 heavy (non-hydrogen) atoms. The lowest BCUT2D eigenvalue weighted by molar-refractivity contribution is 1.49. The molecule has 0 spiro atoms. The fourth-order valence-corrected chi connectivity index (χ4v) is 2.88. The molecular weight excluding hydrogens is 411 g/mol. The van der Waals surface area contributed by atoms with Gasteiger partial charge in [-0.05, 0) is 46.3 Å². The number of hydrogen-bond donors (Lipinski definition) is 2. The Hall–Kier alpha value is -0.620. The average molecular weight is 421 g/mol. The first-order chi connectivity index (χ1) is 8.99. The lowest BCUT2D eigenvalue weighted by Gasteiger charge is -2.14. The summed E-state index contributed by atoms with van der Waals surface area (Å²) >= 11 is 18.1. The van der Waals surface area contributed by atoms with Crippen LogP contribution >= 0.6 is 55.7 Å². The molecule has 0 atom stereocenters. The van der Waals surface area contributed by atoms with Gasteiger partial charge in [0.1, 0.15) is 4.99 Å². The molecule has 0 aliphatic rings. The van der Waals surface area contributed by atoms with Gasteiger partial charge in [0.2, 0.25) is 0 Å². The molecule has 3 N–H and O–H groups in total. The normalized spacial score (nSPS) is 10.3. The zero-order valence-corrected chi connectivity index (χ0v) is 14.3. The van der Waals surface area contributed by atoms with Crippen molar-refractivity contribution < 1.29 is 0 Å².